The Hall–Kier alpha value is -1.18. The lowest BCUT2D eigenvalue weighted by atomic mass is 9.77. The number of methoxy groups -OCH3 is 1. The van der Waals surface area contributed by atoms with Crippen molar-refractivity contribution in [1.29, 1.82) is 0 Å². The molecule has 3 atom stereocenters. The minimum atomic E-state index is -0.910. The maximum absolute atomic E-state index is 11.7. The highest BCUT2D eigenvalue weighted by Gasteiger charge is 2.35. The van der Waals surface area contributed by atoms with E-state index in [1.165, 1.54) is 25.7 Å². The van der Waals surface area contributed by atoms with Crippen LogP contribution in [-0.4, -0.2) is 42.7 Å². The molecule has 0 aromatic rings. The van der Waals surface area contributed by atoms with Gasteiger partial charge >= 0.3 is 5.97 Å². The number of carboxylic acid groups (broad SMARTS) is 1. The molecule has 24 heavy (non-hydrogen) atoms. The van der Waals surface area contributed by atoms with Gasteiger partial charge in [0.2, 0.25) is 0 Å². The topological polar surface area (TPSA) is 95.0 Å². The largest absolute Gasteiger partial charge is 0.477 e. The standard InChI is InChI=1S/C17H30N4O3/c1-24-13-8-6-11(7-9-13)15(17(22)23)19-21-16-14-5-3-2-4-12(14)10-18-20-16/h11-14,16,18,20-21H,2-10H2,1H3,(H,22,23)/b19-15+. The fourth-order valence-corrected chi connectivity index (χ4v) is 4.49. The Morgan fingerprint density at radius 2 is 1.92 bits per heavy atom. The van der Waals surface area contributed by atoms with Crippen LogP contribution in [0.5, 0.6) is 0 Å². The average molecular weight is 338 g/mol. The van der Waals surface area contributed by atoms with E-state index in [1.807, 2.05) is 0 Å². The van der Waals surface area contributed by atoms with Crippen LogP contribution in [0.15, 0.2) is 5.10 Å². The van der Waals surface area contributed by atoms with E-state index < -0.39 is 5.97 Å². The average Bonchev–Trinajstić information content (AvgIpc) is 2.62. The van der Waals surface area contributed by atoms with E-state index in [9.17, 15) is 9.90 Å². The normalized spacial score (nSPS) is 37.5. The summed E-state index contributed by atoms with van der Waals surface area (Å²) < 4.78 is 5.37. The van der Waals surface area contributed by atoms with E-state index in [2.05, 4.69) is 21.4 Å². The minimum absolute atomic E-state index is 0.00807. The van der Waals surface area contributed by atoms with Crippen LogP contribution in [0.4, 0.5) is 0 Å². The summed E-state index contributed by atoms with van der Waals surface area (Å²) in [5.41, 5.74) is 9.88. The molecule has 1 heterocycles. The van der Waals surface area contributed by atoms with Gasteiger partial charge in [0.15, 0.2) is 0 Å². The van der Waals surface area contributed by atoms with Crippen molar-refractivity contribution in [2.75, 3.05) is 13.7 Å². The van der Waals surface area contributed by atoms with Crippen LogP contribution in [0.3, 0.4) is 0 Å². The molecule has 1 aliphatic heterocycles. The predicted molar refractivity (Wildman–Crippen MR) is 91.3 cm³/mol. The van der Waals surface area contributed by atoms with Gasteiger partial charge in [-0.2, -0.15) is 5.10 Å². The van der Waals surface area contributed by atoms with Gasteiger partial charge in [0.1, 0.15) is 11.9 Å². The molecule has 0 bridgehead atoms. The number of nitrogens with zero attached hydrogens (tertiary/aromatic N) is 1. The minimum Gasteiger partial charge on any atom is -0.477 e. The number of hydrogen-bond donors (Lipinski definition) is 4. The van der Waals surface area contributed by atoms with E-state index in [0.29, 0.717) is 11.8 Å². The first-order valence-electron chi connectivity index (χ1n) is 9.26. The molecule has 3 fully saturated rings. The van der Waals surface area contributed by atoms with Gasteiger partial charge < -0.3 is 9.84 Å². The third kappa shape index (κ3) is 4.07. The van der Waals surface area contributed by atoms with Crippen molar-refractivity contribution >= 4 is 11.7 Å². The summed E-state index contributed by atoms with van der Waals surface area (Å²) >= 11 is 0. The SMILES string of the molecule is COC1CCC(/C(=N\NC2NNCC3CCCCC32)C(=O)O)CC1. The third-order valence-corrected chi connectivity index (χ3v) is 5.96. The first-order valence-corrected chi connectivity index (χ1v) is 9.26. The van der Waals surface area contributed by atoms with Gasteiger partial charge in [0.05, 0.1) is 6.10 Å². The molecular weight excluding hydrogens is 308 g/mol. The lowest BCUT2D eigenvalue weighted by Gasteiger charge is -2.41. The summed E-state index contributed by atoms with van der Waals surface area (Å²) in [4.78, 5) is 11.7. The Morgan fingerprint density at radius 1 is 1.17 bits per heavy atom. The van der Waals surface area contributed by atoms with Crippen LogP contribution in [0.2, 0.25) is 0 Å². The second kappa shape index (κ2) is 8.27. The molecule has 7 nitrogen and oxygen atoms in total. The molecule has 2 aliphatic carbocycles. The first-order chi connectivity index (χ1) is 11.7. The number of carboxylic acids is 1. The molecule has 3 unspecified atom stereocenters. The number of hydrogen-bond acceptors (Lipinski definition) is 6. The highest BCUT2D eigenvalue weighted by molar-refractivity contribution is 6.36. The Labute approximate surface area is 143 Å². The molecular formula is C17H30N4O3. The van der Waals surface area contributed by atoms with Crippen LogP contribution < -0.4 is 16.3 Å². The maximum Gasteiger partial charge on any atom is 0.352 e. The van der Waals surface area contributed by atoms with E-state index in [4.69, 9.17) is 4.74 Å². The second-order valence-electron chi connectivity index (χ2n) is 7.35. The molecule has 0 spiro atoms. The van der Waals surface area contributed by atoms with Gasteiger partial charge in [-0.25, -0.2) is 10.2 Å². The van der Waals surface area contributed by atoms with Crippen LogP contribution >= 0.6 is 0 Å². The van der Waals surface area contributed by atoms with Crippen molar-refractivity contribution in [3.8, 4) is 0 Å². The number of fused-ring (bicyclic) bond motifs is 1. The van der Waals surface area contributed by atoms with Gasteiger partial charge in [-0.05, 0) is 50.4 Å². The number of ether oxygens (including phenoxy) is 1. The summed E-state index contributed by atoms with van der Waals surface area (Å²) in [6, 6.07) is 0. The van der Waals surface area contributed by atoms with E-state index in [-0.39, 0.29) is 23.9 Å². The summed E-state index contributed by atoms with van der Waals surface area (Å²) in [5.74, 6) is 0.272. The fraction of sp³-hybridized carbons (Fsp3) is 0.882. The van der Waals surface area contributed by atoms with Crippen molar-refractivity contribution in [3.63, 3.8) is 0 Å². The Kier molecular flexibility index (Phi) is 6.08. The summed E-state index contributed by atoms with van der Waals surface area (Å²) in [5, 5.41) is 13.9. The lowest BCUT2D eigenvalue weighted by molar-refractivity contribution is -0.129. The number of hydrazone groups is 1. The highest BCUT2D eigenvalue weighted by Crippen LogP contribution is 2.33. The van der Waals surface area contributed by atoms with Crippen LogP contribution in [0.25, 0.3) is 0 Å². The third-order valence-electron chi connectivity index (χ3n) is 5.96. The van der Waals surface area contributed by atoms with Crippen molar-refractivity contribution in [3.05, 3.63) is 0 Å². The van der Waals surface area contributed by atoms with Crippen molar-refractivity contribution < 1.29 is 14.6 Å². The number of hydrazine groups is 1. The smallest absolute Gasteiger partial charge is 0.352 e. The first kappa shape index (κ1) is 17.6. The summed E-state index contributed by atoms with van der Waals surface area (Å²) in [6.45, 7) is 0.985. The van der Waals surface area contributed by atoms with Gasteiger partial charge in [0.25, 0.3) is 0 Å². The molecule has 3 aliphatic rings. The monoisotopic (exact) mass is 338 g/mol. The van der Waals surface area contributed by atoms with E-state index in [0.717, 1.165) is 32.2 Å². The van der Waals surface area contributed by atoms with Gasteiger partial charge in [-0.3, -0.25) is 10.9 Å². The second-order valence-corrected chi connectivity index (χ2v) is 7.35. The van der Waals surface area contributed by atoms with Crippen LogP contribution in [-0.2, 0) is 9.53 Å². The zero-order valence-corrected chi connectivity index (χ0v) is 14.5. The molecule has 7 heteroatoms. The maximum atomic E-state index is 11.7. The molecule has 0 aromatic heterocycles. The zero-order chi connectivity index (χ0) is 16.9. The number of carbonyl (C=O) groups is 1. The Balaban J connectivity index is 1.62. The molecule has 0 radical (unpaired) electrons. The fourth-order valence-electron chi connectivity index (χ4n) is 4.49. The molecule has 136 valence electrons. The van der Waals surface area contributed by atoms with Crippen molar-refractivity contribution in [2.45, 2.75) is 63.6 Å². The van der Waals surface area contributed by atoms with Crippen LogP contribution in [0.1, 0.15) is 51.4 Å². The Morgan fingerprint density at radius 3 is 2.62 bits per heavy atom. The Bertz CT molecular complexity index is 461. The number of aliphatic carboxylic acids is 1. The summed E-state index contributed by atoms with van der Waals surface area (Å²) in [7, 11) is 1.72. The van der Waals surface area contributed by atoms with Gasteiger partial charge in [-0.1, -0.05) is 12.8 Å². The van der Waals surface area contributed by atoms with Gasteiger partial charge in [0, 0.05) is 19.6 Å². The number of rotatable bonds is 5. The van der Waals surface area contributed by atoms with Crippen molar-refractivity contribution in [2.24, 2.45) is 22.9 Å². The molecule has 3 rings (SSSR count). The van der Waals surface area contributed by atoms with E-state index in [1.54, 1.807) is 7.11 Å². The molecule has 2 saturated carbocycles. The predicted octanol–water partition coefficient (Wildman–Crippen LogP) is 1.46. The lowest BCUT2D eigenvalue weighted by Crippen LogP contribution is -2.61. The molecule has 0 amide bonds. The van der Waals surface area contributed by atoms with Crippen molar-refractivity contribution in [1.82, 2.24) is 16.3 Å². The molecule has 4 N–H and O–H groups in total. The van der Waals surface area contributed by atoms with Gasteiger partial charge in [-0.15, -0.1) is 0 Å². The molecule has 0 aromatic carbocycles. The quantitative estimate of drug-likeness (QED) is 0.448. The van der Waals surface area contributed by atoms with Crippen LogP contribution in [0, 0.1) is 17.8 Å². The zero-order valence-electron chi connectivity index (χ0n) is 14.5. The summed E-state index contributed by atoms with van der Waals surface area (Å²) in [6.07, 6.45) is 8.69. The highest BCUT2D eigenvalue weighted by atomic mass is 16.5. The molecule has 1 saturated heterocycles. The van der Waals surface area contributed by atoms with E-state index >= 15 is 0 Å². The number of nitrogens with one attached hydrogen (secondary N) is 3.